The zero-order valence-electron chi connectivity index (χ0n) is 8.18. The summed E-state index contributed by atoms with van der Waals surface area (Å²) in [5, 5.41) is 4.38. The van der Waals surface area contributed by atoms with Crippen molar-refractivity contribution in [2.45, 2.75) is 37.5 Å². The molecule has 1 nitrogen and oxygen atoms in total. The number of hydrogen-bond donors (Lipinski definition) is 1. The molecule has 0 aromatic heterocycles. The van der Waals surface area contributed by atoms with Gasteiger partial charge in [0.1, 0.15) is 0 Å². The summed E-state index contributed by atoms with van der Waals surface area (Å²) < 4.78 is 1.06. The summed E-state index contributed by atoms with van der Waals surface area (Å²) in [7, 11) is 0. The normalized spacial score (nSPS) is 27.8. The van der Waals surface area contributed by atoms with E-state index in [-0.39, 0.29) is 0 Å². The van der Waals surface area contributed by atoms with Gasteiger partial charge in [0, 0.05) is 22.3 Å². The van der Waals surface area contributed by atoms with Gasteiger partial charge in [0.05, 0.1) is 0 Å². The molecular weight excluding hydrogens is 246 g/mol. The molecular formula is C10H18BrNS. The molecule has 3 heteroatoms. The first-order chi connectivity index (χ1) is 6.24. The molecule has 0 bridgehead atoms. The van der Waals surface area contributed by atoms with Gasteiger partial charge in [-0.1, -0.05) is 35.9 Å². The van der Waals surface area contributed by atoms with Crippen molar-refractivity contribution in [3.63, 3.8) is 0 Å². The van der Waals surface area contributed by atoms with Crippen LogP contribution in [0.15, 0.2) is 11.1 Å². The van der Waals surface area contributed by atoms with Crippen LogP contribution in [-0.2, 0) is 0 Å². The van der Waals surface area contributed by atoms with Crippen molar-refractivity contribution in [1.29, 1.82) is 0 Å². The average molecular weight is 264 g/mol. The van der Waals surface area contributed by atoms with Crippen LogP contribution in [0.25, 0.3) is 0 Å². The monoisotopic (exact) mass is 263 g/mol. The van der Waals surface area contributed by atoms with Gasteiger partial charge >= 0.3 is 0 Å². The maximum absolute atomic E-state index is 3.83. The fourth-order valence-corrected chi connectivity index (χ4v) is 3.20. The average Bonchev–Trinajstić information content (AvgIpc) is 2.49. The van der Waals surface area contributed by atoms with E-state index in [0.29, 0.717) is 6.04 Å². The van der Waals surface area contributed by atoms with E-state index in [9.17, 15) is 0 Å². The Morgan fingerprint density at radius 2 is 2.38 bits per heavy atom. The fourth-order valence-electron chi connectivity index (χ4n) is 1.81. The van der Waals surface area contributed by atoms with Crippen molar-refractivity contribution in [1.82, 2.24) is 5.32 Å². The van der Waals surface area contributed by atoms with Crippen molar-refractivity contribution < 1.29 is 0 Å². The predicted octanol–water partition coefficient (Wildman–Crippen LogP) is 3.16. The summed E-state index contributed by atoms with van der Waals surface area (Å²) in [6.45, 7) is 6.98. The van der Waals surface area contributed by atoms with E-state index in [0.717, 1.165) is 16.3 Å². The van der Waals surface area contributed by atoms with Crippen LogP contribution in [0.5, 0.6) is 0 Å². The Kier molecular flexibility index (Phi) is 5.44. The fraction of sp³-hybridized carbons (Fsp3) is 0.800. The molecule has 0 aromatic rings. The molecule has 13 heavy (non-hydrogen) atoms. The topological polar surface area (TPSA) is 12.0 Å². The first kappa shape index (κ1) is 11.6. The molecule has 1 aliphatic carbocycles. The van der Waals surface area contributed by atoms with E-state index in [1.165, 1.54) is 25.0 Å². The summed E-state index contributed by atoms with van der Waals surface area (Å²) in [6.07, 6.45) is 4.09. The van der Waals surface area contributed by atoms with Gasteiger partial charge in [0.25, 0.3) is 0 Å². The van der Waals surface area contributed by atoms with Crippen LogP contribution in [-0.4, -0.2) is 23.6 Å². The van der Waals surface area contributed by atoms with E-state index in [2.05, 4.69) is 46.5 Å². The first-order valence-corrected chi connectivity index (χ1v) is 6.76. The molecule has 1 rings (SSSR count). The van der Waals surface area contributed by atoms with Gasteiger partial charge in [-0.15, -0.1) is 0 Å². The second kappa shape index (κ2) is 6.10. The third-order valence-corrected chi connectivity index (χ3v) is 4.00. The maximum atomic E-state index is 3.83. The highest BCUT2D eigenvalue weighted by Gasteiger charge is 2.26. The van der Waals surface area contributed by atoms with Crippen LogP contribution in [0.2, 0.25) is 0 Å². The molecule has 0 aliphatic heterocycles. The lowest BCUT2D eigenvalue weighted by atomic mass is 10.2. The molecule has 1 fully saturated rings. The third kappa shape index (κ3) is 4.05. The van der Waals surface area contributed by atoms with Crippen LogP contribution in [0.1, 0.15) is 26.2 Å². The number of thioether (sulfide) groups is 1. The van der Waals surface area contributed by atoms with Gasteiger partial charge < -0.3 is 5.32 Å². The second-order valence-corrected chi connectivity index (χ2v) is 6.07. The Morgan fingerprint density at radius 1 is 1.62 bits per heavy atom. The lowest BCUT2D eigenvalue weighted by Gasteiger charge is -2.19. The Labute approximate surface area is 93.9 Å². The largest absolute Gasteiger partial charge is 0.308 e. The second-order valence-electron chi connectivity index (χ2n) is 3.43. The minimum absolute atomic E-state index is 0.708. The van der Waals surface area contributed by atoms with Crippen LogP contribution >= 0.6 is 27.7 Å². The van der Waals surface area contributed by atoms with Crippen LogP contribution in [0.3, 0.4) is 0 Å². The molecule has 2 atom stereocenters. The van der Waals surface area contributed by atoms with Gasteiger partial charge in [0.2, 0.25) is 0 Å². The Bertz CT molecular complexity index is 172. The summed E-state index contributed by atoms with van der Waals surface area (Å²) in [4.78, 5) is 0. The molecule has 76 valence electrons. The maximum Gasteiger partial charge on any atom is 0.0268 e. The summed E-state index contributed by atoms with van der Waals surface area (Å²) in [5.41, 5.74) is 0. The molecule has 0 aromatic carbocycles. The standard InChI is InChI=1S/C10H18BrNS/c1-3-13-10-6-4-5-9(10)12-7-8(2)11/h9-10,12H,2-7H2,1H3. The molecule has 1 aliphatic rings. The van der Waals surface area contributed by atoms with Crippen LogP contribution in [0, 0.1) is 0 Å². The summed E-state index contributed by atoms with van der Waals surface area (Å²) in [5.74, 6) is 1.23. The summed E-state index contributed by atoms with van der Waals surface area (Å²) in [6, 6.07) is 0.708. The zero-order valence-corrected chi connectivity index (χ0v) is 10.6. The third-order valence-electron chi connectivity index (χ3n) is 2.39. The summed E-state index contributed by atoms with van der Waals surface area (Å²) >= 11 is 5.47. The molecule has 2 unspecified atom stereocenters. The predicted molar refractivity (Wildman–Crippen MR) is 65.6 cm³/mol. The quantitative estimate of drug-likeness (QED) is 0.818. The van der Waals surface area contributed by atoms with Crippen molar-refractivity contribution >= 4 is 27.7 Å². The lowest BCUT2D eigenvalue weighted by molar-refractivity contribution is 0.564. The van der Waals surface area contributed by atoms with Crippen LogP contribution in [0.4, 0.5) is 0 Å². The van der Waals surface area contributed by atoms with Crippen molar-refractivity contribution in [2.75, 3.05) is 12.3 Å². The smallest absolute Gasteiger partial charge is 0.0268 e. The lowest BCUT2D eigenvalue weighted by Crippen LogP contribution is -2.34. The van der Waals surface area contributed by atoms with Gasteiger partial charge in [-0.25, -0.2) is 0 Å². The van der Waals surface area contributed by atoms with Gasteiger partial charge in [-0.3, -0.25) is 0 Å². The Morgan fingerprint density at radius 3 is 3.00 bits per heavy atom. The SMILES string of the molecule is C=C(Br)CNC1CCCC1SCC. The first-order valence-electron chi connectivity index (χ1n) is 4.92. The minimum Gasteiger partial charge on any atom is -0.308 e. The Balaban J connectivity index is 2.26. The minimum atomic E-state index is 0.708. The highest BCUT2D eigenvalue weighted by Crippen LogP contribution is 2.29. The zero-order chi connectivity index (χ0) is 9.68. The molecule has 0 amide bonds. The molecule has 0 heterocycles. The molecule has 1 saturated carbocycles. The Hall–Kier alpha value is 0.530. The van der Waals surface area contributed by atoms with Gasteiger partial charge in [-0.2, -0.15) is 11.8 Å². The van der Waals surface area contributed by atoms with Crippen molar-refractivity contribution in [2.24, 2.45) is 0 Å². The van der Waals surface area contributed by atoms with E-state index in [1.54, 1.807) is 0 Å². The number of hydrogen-bond acceptors (Lipinski definition) is 2. The highest BCUT2D eigenvalue weighted by molar-refractivity contribution is 9.11. The van der Waals surface area contributed by atoms with Gasteiger partial charge in [0.15, 0.2) is 0 Å². The molecule has 0 saturated heterocycles. The number of rotatable bonds is 5. The molecule has 1 N–H and O–H groups in total. The number of halogens is 1. The van der Waals surface area contributed by atoms with Gasteiger partial charge in [-0.05, 0) is 18.6 Å². The van der Waals surface area contributed by atoms with E-state index in [4.69, 9.17) is 0 Å². The van der Waals surface area contributed by atoms with Crippen molar-refractivity contribution in [3.05, 3.63) is 11.1 Å². The van der Waals surface area contributed by atoms with Crippen molar-refractivity contribution in [3.8, 4) is 0 Å². The molecule has 0 radical (unpaired) electrons. The van der Waals surface area contributed by atoms with E-state index < -0.39 is 0 Å². The van der Waals surface area contributed by atoms with E-state index in [1.807, 2.05) is 0 Å². The number of nitrogens with one attached hydrogen (secondary N) is 1. The van der Waals surface area contributed by atoms with E-state index >= 15 is 0 Å². The molecule has 0 spiro atoms. The highest BCUT2D eigenvalue weighted by atomic mass is 79.9. The van der Waals surface area contributed by atoms with Crippen LogP contribution < -0.4 is 5.32 Å².